The lowest BCUT2D eigenvalue weighted by atomic mass is 9.97. The van der Waals surface area contributed by atoms with Gasteiger partial charge in [0.05, 0.1) is 35.4 Å². The molecule has 0 aliphatic carbocycles. The van der Waals surface area contributed by atoms with Crippen LogP contribution in [0, 0.1) is 0 Å². The van der Waals surface area contributed by atoms with E-state index in [1.54, 1.807) is 0 Å². The number of sulfonamides is 1. The number of benzene rings is 2. The minimum absolute atomic E-state index is 0.416. The zero-order valence-electron chi connectivity index (χ0n) is 24.3. The fraction of sp³-hybridized carbons (Fsp3) is 0.433. The summed E-state index contributed by atoms with van der Waals surface area (Å²) in [6.07, 6.45) is 6.81. The number of hydrogen-bond acceptors (Lipinski definition) is 9. The van der Waals surface area contributed by atoms with Crippen molar-refractivity contribution >= 4 is 38.7 Å². The minimum atomic E-state index is -3.44. The number of H-pyrrole nitrogens is 1. The molecule has 5 N–H and O–H groups in total. The number of rotatable bonds is 5. The Labute approximate surface area is 246 Å². The van der Waals surface area contributed by atoms with E-state index in [1.165, 1.54) is 21.8 Å². The third-order valence-corrected chi connectivity index (χ3v) is 10.2. The summed E-state index contributed by atoms with van der Waals surface area (Å²) < 4.78 is 32.9. The number of nitrogens with two attached hydrogens (primary N) is 1. The summed E-state index contributed by atoms with van der Waals surface area (Å²) in [6, 6.07) is 12.5. The first-order chi connectivity index (χ1) is 20.1. The summed E-state index contributed by atoms with van der Waals surface area (Å²) in [5.41, 5.74) is 13.4. The number of aromatic nitrogens is 1. The van der Waals surface area contributed by atoms with Gasteiger partial charge in [0.1, 0.15) is 17.4 Å². The highest BCUT2D eigenvalue weighted by Crippen LogP contribution is 2.44. The van der Waals surface area contributed by atoms with Gasteiger partial charge in [0.25, 0.3) is 0 Å². The second kappa shape index (κ2) is 9.92. The summed E-state index contributed by atoms with van der Waals surface area (Å²) in [5.74, 6) is 0.741. The van der Waals surface area contributed by atoms with Crippen LogP contribution in [-0.2, 0) is 28.7 Å². The van der Waals surface area contributed by atoms with Crippen molar-refractivity contribution in [2.75, 3.05) is 66.4 Å². The molecule has 1 aromatic heterocycles. The van der Waals surface area contributed by atoms with E-state index in [2.05, 4.69) is 45.6 Å². The van der Waals surface area contributed by atoms with Crippen LogP contribution in [0.1, 0.15) is 35.1 Å². The van der Waals surface area contributed by atoms with Crippen molar-refractivity contribution in [2.24, 2.45) is 10.7 Å². The van der Waals surface area contributed by atoms with Crippen molar-refractivity contribution in [3.63, 3.8) is 0 Å². The van der Waals surface area contributed by atoms with Crippen LogP contribution in [0.5, 0.6) is 5.75 Å². The van der Waals surface area contributed by atoms with Crippen LogP contribution in [0.25, 0.3) is 0 Å². The van der Waals surface area contributed by atoms with E-state index in [-0.39, 0.29) is 0 Å². The maximum absolute atomic E-state index is 12.6. The smallest absolute Gasteiger partial charge is 0.232 e. The summed E-state index contributed by atoms with van der Waals surface area (Å²) in [4.78, 5) is 13.1. The van der Waals surface area contributed by atoms with Crippen LogP contribution < -0.4 is 30.3 Å². The largest absolute Gasteiger partial charge is 0.492 e. The Hall–Kier alpha value is -3.74. The van der Waals surface area contributed by atoms with Gasteiger partial charge in [-0.05, 0) is 63.2 Å². The third-order valence-electron chi connectivity index (χ3n) is 8.99. The molecule has 3 aromatic rings. The zero-order chi connectivity index (χ0) is 29.2. The van der Waals surface area contributed by atoms with Gasteiger partial charge in [-0.25, -0.2) is 13.4 Å². The normalized spacial score (nSPS) is 21.9. The van der Waals surface area contributed by atoms with Gasteiger partial charge in [0.15, 0.2) is 0 Å². The quantitative estimate of drug-likeness (QED) is 0.357. The fourth-order valence-corrected chi connectivity index (χ4v) is 7.80. The lowest BCUT2D eigenvalue weighted by molar-refractivity contribution is 0.249. The molecule has 0 amide bonds. The SMILES string of the molecule is CN(C)C1CCN(c2ccc(C3(N)N=C(Nc4cccc5c4N(S(C)(=O)=O)CC5)c4cc[nH]c4N3)c3c2CCO3)CC1. The Morgan fingerprint density at radius 1 is 1.12 bits per heavy atom. The molecule has 0 bridgehead atoms. The van der Waals surface area contributed by atoms with E-state index in [9.17, 15) is 8.42 Å². The summed E-state index contributed by atoms with van der Waals surface area (Å²) in [6.45, 7) is 3.03. The van der Waals surface area contributed by atoms with Crippen molar-refractivity contribution in [3.8, 4) is 5.75 Å². The van der Waals surface area contributed by atoms with Crippen molar-refractivity contribution in [1.82, 2.24) is 9.88 Å². The molecule has 0 saturated carbocycles. The van der Waals surface area contributed by atoms with Gasteiger partial charge in [-0.1, -0.05) is 12.1 Å². The lowest BCUT2D eigenvalue weighted by Gasteiger charge is -2.38. The Kier molecular flexibility index (Phi) is 6.41. The number of piperidine rings is 1. The highest BCUT2D eigenvalue weighted by Gasteiger charge is 2.40. The second-order valence-electron chi connectivity index (χ2n) is 11.9. The minimum Gasteiger partial charge on any atom is -0.492 e. The molecule has 1 unspecified atom stereocenters. The second-order valence-corrected chi connectivity index (χ2v) is 13.8. The van der Waals surface area contributed by atoms with E-state index >= 15 is 0 Å². The molecule has 4 aliphatic heterocycles. The van der Waals surface area contributed by atoms with Gasteiger partial charge in [-0.2, -0.15) is 0 Å². The summed E-state index contributed by atoms with van der Waals surface area (Å²) >= 11 is 0. The summed E-state index contributed by atoms with van der Waals surface area (Å²) in [7, 11) is 0.879. The van der Waals surface area contributed by atoms with Gasteiger partial charge in [0, 0.05) is 49.5 Å². The number of fused-ring (bicyclic) bond motifs is 3. The van der Waals surface area contributed by atoms with Gasteiger partial charge in [-0.15, -0.1) is 0 Å². The van der Waals surface area contributed by atoms with Crippen LogP contribution >= 0.6 is 0 Å². The number of aromatic amines is 1. The predicted molar refractivity (Wildman–Crippen MR) is 167 cm³/mol. The number of aliphatic imine (C=N–C) groups is 1. The highest BCUT2D eigenvalue weighted by molar-refractivity contribution is 7.92. The average molecular weight is 591 g/mol. The number of ether oxygens (including phenoxy) is 1. The summed E-state index contributed by atoms with van der Waals surface area (Å²) in [5, 5.41) is 6.85. The van der Waals surface area contributed by atoms with E-state index in [0.717, 1.165) is 60.6 Å². The van der Waals surface area contributed by atoms with Gasteiger partial charge < -0.3 is 30.2 Å². The zero-order valence-corrected chi connectivity index (χ0v) is 25.1. The molecule has 0 spiro atoms. The van der Waals surface area contributed by atoms with E-state index in [0.29, 0.717) is 42.8 Å². The average Bonchev–Trinajstić information content (AvgIpc) is 3.72. The van der Waals surface area contributed by atoms with Crippen LogP contribution in [-0.4, -0.2) is 76.8 Å². The van der Waals surface area contributed by atoms with Crippen LogP contribution in [0.4, 0.5) is 22.9 Å². The lowest BCUT2D eigenvalue weighted by Crippen LogP contribution is -2.47. The Morgan fingerprint density at radius 2 is 1.93 bits per heavy atom. The van der Waals surface area contributed by atoms with Crippen LogP contribution in [0.3, 0.4) is 0 Å². The molecule has 1 fully saturated rings. The molecule has 7 rings (SSSR count). The topological polar surface area (TPSA) is 131 Å². The standard InChI is InChI=1S/C30H38N8O3S/c1-36(2)20-11-15-37(16-12-20)25-8-7-23(27-21(25)13-18-41-27)30(31)34-28-22(9-14-32-28)29(35-30)33-24-6-4-5-19-10-17-38(26(19)24)42(3,39)40/h4-9,14,20,32,34H,10-13,15-18,31H2,1-3H3,(H,33,35). The number of amidine groups is 1. The number of para-hydroxylation sites is 1. The highest BCUT2D eigenvalue weighted by atomic mass is 32.2. The van der Waals surface area contributed by atoms with Crippen molar-refractivity contribution < 1.29 is 13.2 Å². The van der Waals surface area contributed by atoms with Crippen molar-refractivity contribution in [1.29, 1.82) is 0 Å². The van der Waals surface area contributed by atoms with Crippen LogP contribution in [0.2, 0.25) is 0 Å². The molecule has 2 aromatic carbocycles. The first-order valence-corrected chi connectivity index (χ1v) is 16.4. The maximum atomic E-state index is 12.6. The molecule has 1 atom stereocenters. The van der Waals surface area contributed by atoms with E-state index in [1.807, 2.05) is 36.5 Å². The molecular formula is C30H38N8O3S. The maximum Gasteiger partial charge on any atom is 0.232 e. The number of nitrogens with one attached hydrogen (secondary N) is 3. The molecule has 0 radical (unpaired) electrons. The molecule has 42 heavy (non-hydrogen) atoms. The van der Waals surface area contributed by atoms with Crippen molar-refractivity contribution in [2.45, 2.75) is 37.5 Å². The third kappa shape index (κ3) is 4.48. The van der Waals surface area contributed by atoms with Crippen LogP contribution in [0.15, 0.2) is 47.6 Å². The van der Waals surface area contributed by atoms with Gasteiger partial charge >= 0.3 is 0 Å². The first-order valence-electron chi connectivity index (χ1n) is 14.5. The van der Waals surface area contributed by atoms with Crippen molar-refractivity contribution in [3.05, 3.63) is 64.8 Å². The van der Waals surface area contributed by atoms with Gasteiger partial charge in [0.2, 0.25) is 15.8 Å². The Balaban J connectivity index is 1.26. The van der Waals surface area contributed by atoms with E-state index < -0.39 is 15.8 Å². The molecule has 11 nitrogen and oxygen atoms in total. The fourth-order valence-electron chi connectivity index (χ4n) is 6.83. The predicted octanol–water partition coefficient (Wildman–Crippen LogP) is 2.86. The monoisotopic (exact) mass is 590 g/mol. The first kappa shape index (κ1) is 27.1. The molecule has 12 heteroatoms. The molecule has 5 heterocycles. The number of hydrogen-bond donors (Lipinski definition) is 4. The van der Waals surface area contributed by atoms with Gasteiger partial charge in [-0.3, -0.25) is 10.0 Å². The number of anilines is 4. The number of nitrogens with zero attached hydrogens (tertiary/aromatic N) is 4. The molecule has 222 valence electrons. The van der Waals surface area contributed by atoms with E-state index in [4.69, 9.17) is 15.5 Å². The Bertz CT molecular complexity index is 1680. The molecule has 1 saturated heterocycles. The molecular weight excluding hydrogens is 552 g/mol. The Morgan fingerprint density at radius 3 is 2.69 bits per heavy atom. The molecule has 4 aliphatic rings.